The van der Waals surface area contributed by atoms with E-state index in [0.717, 1.165) is 0 Å². The van der Waals surface area contributed by atoms with Gasteiger partial charge in [-0.1, -0.05) is 0 Å². The van der Waals surface area contributed by atoms with Gasteiger partial charge in [0.25, 0.3) is 0 Å². The molecule has 0 aliphatic rings. The van der Waals surface area contributed by atoms with Crippen molar-refractivity contribution in [3.8, 4) is 0 Å². The predicted molar refractivity (Wildman–Crippen MR) is 40.7 cm³/mol. The Hall–Kier alpha value is -1.67. The number of aromatic nitrogens is 3. The van der Waals surface area contributed by atoms with Gasteiger partial charge < -0.3 is 0 Å². The molecular weight excluding hydrogens is 220 g/mol. The van der Waals surface area contributed by atoms with Crippen LogP contribution in [0.25, 0.3) is 0 Å². The second-order valence-electron chi connectivity index (χ2n) is 2.62. The zero-order chi connectivity index (χ0) is 11.6. The molecule has 0 aliphatic carbocycles. The number of nitrogens with zero attached hydrogens (tertiary/aromatic N) is 2. The first-order chi connectivity index (χ1) is 6.84. The third-order valence-corrected chi connectivity index (χ3v) is 1.40. The van der Waals surface area contributed by atoms with Crippen molar-refractivity contribution in [2.24, 2.45) is 0 Å². The Morgan fingerprint density at radius 1 is 1.53 bits per heavy atom. The average Bonchev–Trinajstić information content (AvgIpc) is 2.50. The highest BCUT2D eigenvalue weighted by molar-refractivity contribution is 5.94. The van der Waals surface area contributed by atoms with Crippen molar-refractivity contribution >= 4 is 11.9 Å². The fraction of sp³-hybridized carbons (Fsp3) is 0.500. The third kappa shape index (κ3) is 2.42. The van der Waals surface area contributed by atoms with Crippen molar-refractivity contribution in [2.45, 2.75) is 19.3 Å². The van der Waals surface area contributed by atoms with Gasteiger partial charge in [0.2, 0.25) is 5.95 Å². The number of halogens is 4. The number of rotatable bonds is 3. The van der Waals surface area contributed by atoms with Gasteiger partial charge in [-0.3, -0.25) is 15.2 Å². The summed E-state index contributed by atoms with van der Waals surface area (Å²) in [5.41, 5.74) is 0. The van der Waals surface area contributed by atoms with Crippen molar-refractivity contribution in [2.75, 3.05) is 5.32 Å². The predicted octanol–water partition coefficient (Wildman–Crippen LogP) is 0.952. The van der Waals surface area contributed by atoms with Crippen molar-refractivity contribution in [3.05, 3.63) is 5.82 Å². The van der Waals surface area contributed by atoms with Crippen LogP contribution in [0.1, 0.15) is 5.82 Å². The molecule has 0 unspecified atom stereocenters. The summed E-state index contributed by atoms with van der Waals surface area (Å²) < 4.78 is 48.2. The molecule has 1 rings (SSSR count). The van der Waals surface area contributed by atoms with E-state index in [1.165, 1.54) is 12.2 Å². The largest absolute Gasteiger partial charge is 0.383 e. The van der Waals surface area contributed by atoms with Crippen LogP contribution in [-0.4, -0.2) is 33.4 Å². The molecule has 1 heterocycles. The van der Waals surface area contributed by atoms with Crippen LogP contribution >= 0.6 is 0 Å². The molecule has 0 radical (unpaired) electrons. The number of aromatic amines is 1. The smallest absolute Gasteiger partial charge is 0.288 e. The number of amides is 1. The van der Waals surface area contributed by atoms with E-state index in [4.69, 9.17) is 0 Å². The van der Waals surface area contributed by atoms with Crippen LogP contribution in [0.5, 0.6) is 0 Å². The van der Waals surface area contributed by atoms with E-state index in [2.05, 4.69) is 15.2 Å². The van der Waals surface area contributed by atoms with Gasteiger partial charge in [0, 0.05) is 0 Å². The number of nitrogens with one attached hydrogen (secondary N) is 2. The first-order valence-corrected chi connectivity index (χ1v) is 3.70. The Morgan fingerprint density at radius 3 is 2.53 bits per heavy atom. The number of carbonyl (C=O) groups excluding carboxylic acids is 1. The molecular formula is C6H6F4N4O. The molecule has 0 atom stereocenters. The van der Waals surface area contributed by atoms with E-state index >= 15 is 0 Å². The van der Waals surface area contributed by atoms with E-state index in [1.54, 1.807) is 0 Å². The van der Waals surface area contributed by atoms with Crippen molar-refractivity contribution in [1.82, 2.24) is 15.2 Å². The Bertz CT molecular complexity index is 364. The van der Waals surface area contributed by atoms with E-state index in [1.807, 2.05) is 0 Å². The highest BCUT2D eigenvalue weighted by Gasteiger charge is 2.49. The van der Waals surface area contributed by atoms with Crippen LogP contribution in [0.4, 0.5) is 23.5 Å². The molecule has 1 amide bonds. The van der Waals surface area contributed by atoms with Crippen LogP contribution in [0, 0.1) is 6.92 Å². The summed E-state index contributed by atoms with van der Waals surface area (Å²) in [5, 5.41) is 6.99. The number of hydrogen-bond donors (Lipinski definition) is 2. The molecule has 1 aromatic heterocycles. The maximum atomic E-state index is 12.4. The van der Waals surface area contributed by atoms with Gasteiger partial charge in [0.1, 0.15) is 5.82 Å². The molecule has 0 spiro atoms. The number of H-pyrrole nitrogens is 1. The number of hydrogen-bond acceptors (Lipinski definition) is 3. The topological polar surface area (TPSA) is 70.7 Å². The van der Waals surface area contributed by atoms with Gasteiger partial charge in [-0.25, -0.2) is 8.78 Å². The zero-order valence-corrected chi connectivity index (χ0v) is 7.39. The molecule has 2 N–H and O–H groups in total. The van der Waals surface area contributed by atoms with Crippen molar-refractivity contribution in [1.29, 1.82) is 0 Å². The molecule has 0 fully saturated rings. The van der Waals surface area contributed by atoms with Gasteiger partial charge in [0.15, 0.2) is 0 Å². The average molecular weight is 226 g/mol. The lowest BCUT2D eigenvalue weighted by molar-refractivity contribution is -0.163. The number of carbonyl (C=O) groups is 1. The lowest BCUT2D eigenvalue weighted by Gasteiger charge is -2.12. The molecule has 84 valence electrons. The van der Waals surface area contributed by atoms with E-state index in [9.17, 15) is 22.4 Å². The Balaban J connectivity index is 2.71. The first kappa shape index (κ1) is 11.4. The Kier molecular flexibility index (Phi) is 2.91. The minimum absolute atomic E-state index is 0.255. The van der Waals surface area contributed by atoms with Crippen molar-refractivity contribution in [3.63, 3.8) is 0 Å². The summed E-state index contributed by atoms with van der Waals surface area (Å²) in [4.78, 5) is 14.1. The normalized spacial score (nSPS) is 11.9. The number of anilines is 1. The SMILES string of the molecule is Cc1nc(NC(=O)C(F)(F)C(F)F)n[nH]1. The summed E-state index contributed by atoms with van der Waals surface area (Å²) in [6.45, 7) is 1.45. The van der Waals surface area contributed by atoms with Crippen LogP contribution in [-0.2, 0) is 4.79 Å². The maximum Gasteiger partial charge on any atom is 0.383 e. The minimum Gasteiger partial charge on any atom is -0.288 e. The van der Waals surface area contributed by atoms with Crippen LogP contribution in [0.15, 0.2) is 0 Å². The molecule has 0 saturated carbocycles. The van der Waals surface area contributed by atoms with E-state index in [-0.39, 0.29) is 5.82 Å². The number of alkyl halides is 4. The summed E-state index contributed by atoms with van der Waals surface area (Å²) in [6.07, 6.45) is -4.07. The monoisotopic (exact) mass is 226 g/mol. The van der Waals surface area contributed by atoms with E-state index < -0.39 is 24.2 Å². The van der Waals surface area contributed by atoms with Crippen LogP contribution in [0.3, 0.4) is 0 Å². The van der Waals surface area contributed by atoms with Gasteiger partial charge in [-0.15, -0.1) is 5.10 Å². The summed E-state index contributed by atoms with van der Waals surface area (Å²) >= 11 is 0. The molecule has 9 heteroatoms. The van der Waals surface area contributed by atoms with Gasteiger partial charge in [-0.05, 0) is 6.92 Å². The highest BCUT2D eigenvalue weighted by Crippen LogP contribution is 2.23. The quantitative estimate of drug-likeness (QED) is 0.754. The summed E-state index contributed by atoms with van der Waals surface area (Å²) in [6, 6.07) is 0. The van der Waals surface area contributed by atoms with E-state index in [0.29, 0.717) is 0 Å². The fourth-order valence-electron chi connectivity index (χ4n) is 0.683. The molecule has 5 nitrogen and oxygen atoms in total. The lowest BCUT2D eigenvalue weighted by atomic mass is 10.3. The van der Waals surface area contributed by atoms with Crippen LogP contribution < -0.4 is 5.32 Å². The minimum atomic E-state index is -4.76. The second-order valence-corrected chi connectivity index (χ2v) is 2.62. The molecule has 15 heavy (non-hydrogen) atoms. The van der Waals surface area contributed by atoms with Crippen molar-refractivity contribution < 1.29 is 22.4 Å². The Labute approximate surface area is 80.9 Å². The van der Waals surface area contributed by atoms with Gasteiger partial charge in [-0.2, -0.15) is 13.8 Å². The van der Waals surface area contributed by atoms with Crippen LogP contribution in [0.2, 0.25) is 0 Å². The lowest BCUT2D eigenvalue weighted by Crippen LogP contribution is -2.41. The first-order valence-electron chi connectivity index (χ1n) is 3.70. The van der Waals surface area contributed by atoms with Gasteiger partial charge >= 0.3 is 18.3 Å². The summed E-state index contributed by atoms with van der Waals surface area (Å²) in [5.74, 6) is -7.12. The molecule has 0 bridgehead atoms. The fourth-order valence-corrected chi connectivity index (χ4v) is 0.683. The molecule has 0 aromatic carbocycles. The number of aryl methyl sites for hydroxylation is 1. The Morgan fingerprint density at radius 2 is 2.13 bits per heavy atom. The second kappa shape index (κ2) is 3.83. The molecule has 0 aliphatic heterocycles. The maximum absolute atomic E-state index is 12.4. The zero-order valence-electron chi connectivity index (χ0n) is 7.39. The molecule has 1 aromatic rings. The summed E-state index contributed by atoms with van der Waals surface area (Å²) in [7, 11) is 0. The van der Waals surface area contributed by atoms with Gasteiger partial charge in [0.05, 0.1) is 0 Å². The third-order valence-electron chi connectivity index (χ3n) is 1.40. The highest BCUT2D eigenvalue weighted by atomic mass is 19.3. The standard InChI is InChI=1S/C6H6F4N4O/c1-2-11-5(14-13-2)12-4(15)6(9,10)3(7)8/h3H,1H3,(H2,11,12,13,14,15). The molecule has 0 saturated heterocycles.